The third-order valence-corrected chi connectivity index (χ3v) is 3.85. The molecule has 0 saturated heterocycles. The summed E-state index contributed by atoms with van der Waals surface area (Å²) in [6.45, 7) is 3.77. The zero-order chi connectivity index (χ0) is 13.1. The minimum atomic E-state index is 0.151. The minimum Gasteiger partial charge on any atom is -0.416 e. The van der Waals surface area contributed by atoms with Crippen molar-refractivity contribution in [2.24, 2.45) is 5.73 Å². The fraction of sp³-hybridized carbons (Fsp3) is 0.333. The van der Waals surface area contributed by atoms with E-state index < -0.39 is 0 Å². The van der Waals surface area contributed by atoms with Crippen molar-refractivity contribution in [3.63, 3.8) is 0 Å². The van der Waals surface area contributed by atoms with Crippen LogP contribution in [0.3, 0.4) is 0 Å². The van der Waals surface area contributed by atoms with Gasteiger partial charge in [0.2, 0.25) is 5.89 Å². The lowest BCUT2D eigenvalue weighted by atomic mass is 10.1. The minimum absolute atomic E-state index is 0.151. The van der Waals surface area contributed by atoms with Crippen LogP contribution in [-0.4, -0.2) is 16.2 Å². The number of hydrogen-bond donors (Lipinski definition) is 1. The number of aromatic nitrogens is 2. The van der Waals surface area contributed by atoms with E-state index in [2.05, 4.69) is 32.2 Å². The van der Waals surface area contributed by atoms with Crippen LogP contribution in [0.15, 0.2) is 37.2 Å². The van der Waals surface area contributed by atoms with E-state index in [1.807, 2.05) is 19.1 Å². The van der Waals surface area contributed by atoms with Crippen molar-refractivity contribution in [2.45, 2.75) is 36.4 Å². The number of rotatable bonds is 4. The van der Waals surface area contributed by atoms with E-state index >= 15 is 0 Å². The van der Waals surface area contributed by atoms with Gasteiger partial charge in [-0.1, -0.05) is 22.0 Å². The van der Waals surface area contributed by atoms with Crippen molar-refractivity contribution in [1.29, 1.82) is 0 Å². The van der Waals surface area contributed by atoms with Gasteiger partial charge in [0.25, 0.3) is 5.22 Å². The van der Waals surface area contributed by atoms with E-state index in [9.17, 15) is 0 Å². The molecular formula is C12H14BrN3OS. The predicted octanol–water partition coefficient (Wildman–Crippen LogP) is 3.18. The number of aryl methyl sites for hydroxylation is 1. The lowest BCUT2D eigenvalue weighted by molar-refractivity contribution is 0.429. The van der Waals surface area contributed by atoms with Gasteiger partial charge in [0.05, 0.1) is 0 Å². The fourth-order valence-electron chi connectivity index (χ4n) is 1.52. The number of hydrogen-bond acceptors (Lipinski definition) is 5. The van der Waals surface area contributed by atoms with Crippen LogP contribution in [0, 0.1) is 6.92 Å². The average Bonchev–Trinajstić information content (AvgIpc) is 2.68. The molecule has 18 heavy (non-hydrogen) atoms. The summed E-state index contributed by atoms with van der Waals surface area (Å²) in [4.78, 5) is 1.05. The van der Waals surface area contributed by atoms with Crippen LogP contribution in [0.5, 0.6) is 0 Å². The topological polar surface area (TPSA) is 64.9 Å². The molecular weight excluding hydrogens is 314 g/mol. The highest BCUT2D eigenvalue weighted by atomic mass is 79.9. The Labute approximate surface area is 118 Å². The fourth-order valence-corrected chi connectivity index (χ4v) is 2.98. The second-order valence-electron chi connectivity index (χ2n) is 4.12. The molecule has 0 radical (unpaired) electrons. The molecule has 0 spiro atoms. The molecule has 6 heteroatoms. The first-order valence-electron chi connectivity index (χ1n) is 5.56. The summed E-state index contributed by atoms with van der Waals surface area (Å²) in [6, 6.07) is 6.30. The van der Waals surface area contributed by atoms with E-state index in [-0.39, 0.29) is 6.04 Å². The van der Waals surface area contributed by atoms with Crippen LogP contribution in [-0.2, 0) is 6.42 Å². The molecule has 0 aliphatic heterocycles. The monoisotopic (exact) mass is 327 g/mol. The number of nitrogens with two attached hydrogens (primary N) is 1. The maximum Gasteiger partial charge on any atom is 0.281 e. The van der Waals surface area contributed by atoms with E-state index in [0.29, 0.717) is 11.1 Å². The first-order chi connectivity index (χ1) is 8.54. The predicted molar refractivity (Wildman–Crippen MR) is 74.7 cm³/mol. The van der Waals surface area contributed by atoms with Crippen molar-refractivity contribution in [3.8, 4) is 0 Å². The van der Waals surface area contributed by atoms with Crippen LogP contribution in [0.25, 0.3) is 0 Å². The van der Waals surface area contributed by atoms with Crippen LogP contribution in [0.4, 0.5) is 0 Å². The van der Waals surface area contributed by atoms with Crippen LogP contribution in [0.2, 0.25) is 0 Å². The highest BCUT2D eigenvalue weighted by molar-refractivity contribution is 9.10. The Morgan fingerprint density at radius 1 is 1.44 bits per heavy atom. The van der Waals surface area contributed by atoms with Gasteiger partial charge in [0, 0.05) is 22.3 Å². The van der Waals surface area contributed by atoms with E-state index in [1.54, 1.807) is 6.92 Å². The molecule has 2 rings (SSSR count). The lowest BCUT2D eigenvalue weighted by Gasteiger charge is -2.08. The van der Waals surface area contributed by atoms with Gasteiger partial charge in [-0.05, 0) is 42.8 Å². The summed E-state index contributed by atoms with van der Waals surface area (Å²) in [5.41, 5.74) is 7.00. The standard InChI is InChI=1S/C12H14BrN3OS/c1-7(14)5-9-3-4-10(6-11(9)13)18-12-16-15-8(2)17-12/h3-4,6-7H,5,14H2,1-2H3. The second kappa shape index (κ2) is 5.86. The summed E-state index contributed by atoms with van der Waals surface area (Å²) in [5.74, 6) is 0.574. The number of benzene rings is 1. The van der Waals surface area contributed by atoms with Gasteiger partial charge in [0.15, 0.2) is 0 Å². The van der Waals surface area contributed by atoms with Gasteiger partial charge in [-0.2, -0.15) is 0 Å². The normalized spacial score (nSPS) is 12.7. The molecule has 0 aliphatic carbocycles. The van der Waals surface area contributed by atoms with Crippen molar-refractivity contribution in [2.75, 3.05) is 0 Å². The third-order valence-electron chi connectivity index (χ3n) is 2.28. The van der Waals surface area contributed by atoms with Crippen molar-refractivity contribution in [1.82, 2.24) is 10.2 Å². The quantitative estimate of drug-likeness (QED) is 0.934. The van der Waals surface area contributed by atoms with E-state index in [0.717, 1.165) is 15.8 Å². The maximum absolute atomic E-state index is 5.80. The number of halogens is 1. The van der Waals surface area contributed by atoms with Crippen LogP contribution < -0.4 is 5.73 Å². The molecule has 0 fully saturated rings. The molecule has 96 valence electrons. The molecule has 1 heterocycles. The van der Waals surface area contributed by atoms with Crippen LogP contribution in [0.1, 0.15) is 18.4 Å². The second-order valence-corrected chi connectivity index (χ2v) is 6.00. The molecule has 0 aliphatic rings. The molecule has 2 aromatic rings. The van der Waals surface area contributed by atoms with Crippen molar-refractivity contribution < 1.29 is 4.42 Å². The smallest absolute Gasteiger partial charge is 0.281 e. The molecule has 0 bridgehead atoms. The maximum atomic E-state index is 5.80. The summed E-state index contributed by atoms with van der Waals surface area (Å²) < 4.78 is 6.38. The molecule has 0 saturated carbocycles. The van der Waals surface area contributed by atoms with Crippen molar-refractivity contribution >= 4 is 27.7 Å². The Morgan fingerprint density at radius 3 is 2.78 bits per heavy atom. The first-order valence-corrected chi connectivity index (χ1v) is 7.17. The Hall–Kier alpha value is -0.850. The molecule has 1 aromatic heterocycles. The summed E-state index contributed by atoms with van der Waals surface area (Å²) in [5, 5.41) is 8.30. The first kappa shape index (κ1) is 13.6. The van der Waals surface area contributed by atoms with Crippen molar-refractivity contribution in [3.05, 3.63) is 34.1 Å². The third kappa shape index (κ3) is 3.57. The summed E-state index contributed by atoms with van der Waals surface area (Å²) in [6.07, 6.45) is 0.852. The Balaban J connectivity index is 2.13. The Kier molecular flexibility index (Phi) is 4.42. The molecule has 4 nitrogen and oxygen atoms in total. The van der Waals surface area contributed by atoms with Crippen LogP contribution >= 0.6 is 27.7 Å². The van der Waals surface area contributed by atoms with Gasteiger partial charge >= 0.3 is 0 Å². The Morgan fingerprint density at radius 2 is 2.22 bits per heavy atom. The zero-order valence-corrected chi connectivity index (χ0v) is 12.6. The SMILES string of the molecule is Cc1nnc(Sc2ccc(CC(C)N)c(Br)c2)o1. The highest BCUT2D eigenvalue weighted by Gasteiger charge is 2.08. The Bertz CT molecular complexity index is 542. The summed E-state index contributed by atoms with van der Waals surface area (Å²) >= 11 is 5.01. The largest absolute Gasteiger partial charge is 0.416 e. The average molecular weight is 328 g/mol. The zero-order valence-electron chi connectivity index (χ0n) is 10.2. The van der Waals surface area contributed by atoms with Gasteiger partial charge in [-0.15, -0.1) is 10.2 Å². The highest BCUT2D eigenvalue weighted by Crippen LogP contribution is 2.30. The molecule has 1 aromatic carbocycles. The van der Waals surface area contributed by atoms with E-state index in [4.69, 9.17) is 10.2 Å². The molecule has 1 unspecified atom stereocenters. The number of nitrogens with zero attached hydrogens (tertiary/aromatic N) is 2. The van der Waals surface area contributed by atoms with Gasteiger partial charge in [0.1, 0.15) is 0 Å². The summed E-state index contributed by atoms with van der Waals surface area (Å²) in [7, 11) is 0. The molecule has 0 amide bonds. The van der Waals surface area contributed by atoms with Gasteiger partial charge in [-0.25, -0.2) is 0 Å². The molecule has 1 atom stereocenters. The van der Waals surface area contributed by atoms with Gasteiger partial charge in [-0.3, -0.25) is 0 Å². The lowest BCUT2D eigenvalue weighted by Crippen LogP contribution is -2.17. The molecule has 2 N–H and O–H groups in total. The van der Waals surface area contributed by atoms with E-state index in [1.165, 1.54) is 17.3 Å². The van der Waals surface area contributed by atoms with Gasteiger partial charge < -0.3 is 10.2 Å².